The summed E-state index contributed by atoms with van der Waals surface area (Å²) in [6.07, 6.45) is 13.1. The van der Waals surface area contributed by atoms with Crippen molar-refractivity contribution in [3.63, 3.8) is 0 Å². The van der Waals surface area contributed by atoms with Gasteiger partial charge in [0.25, 0.3) is 0 Å². The van der Waals surface area contributed by atoms with Crippen LogP contribution in [0, 0.1) is 0 Å². The van der Waals surface area contributed by atoms with Gasteiger partial charge in [-0.1, -0.05) is 25.7 Å². The highest BCUT2D eigenvalue weighted by atomic mass is 32.2. The molecule has 0 radical (unpaired) electrons. The van der Waals surface area contributed by atoms with Crippen LogP contribution in [0.4, 0.5) is 17.5 Å². The van der Waals surface area contributed by atoms with E-state index in [1.54, 1.807) is 24.7 Å². The highest BCUT2D eigenvalue weighted by molar-refractivity contribution is 7.92. The number of hydrogen-bond donors (Lipinski definition) is 2. The Bertz CT molecular complexity index is 1040. The first-order valence-corrected chi connectivity index (χ1v) is 11.3. The van der Waals surface area contributed by atoms with Crippen molar-refractivity contribution < 1.29 is 8.42 Å². The van der Waals surface area contributed by atoms with E-state index >= 15 is 0 Å². The van der Waals surface area contributed by atoms with E-state index in [9.17, 15) is 8.42 Å². The number of pyridine rings is 1. The summed E-state index contributed by atoms with van der Waals surface area (Å²) in [6.45, 7) is 0. The molecule has 1 fully saturated rings. The molecule has 3 aromatic rings. The van der Waals surface area contributed by atoms with Crippen LogP contribution in [-0.4, -0.2) is 45.9 Å². The molecule has 0 atom stereocenters. The van der Waals surface area contributed by atoms with Crippen molar-refractivity contribution in [1.29, 1.82) is 0 Å². The second kappa shape index (κ2) is 7.70. The highest BCUT2D eigenvalue weighted by Crippen LogP contribution is 2.32. The van der Waals surface area contributed by atoms with Crippen molar-refractivity contribution in [2.75, 3.05) is 15.9 Å². The number of nitrogens with zero attached hydrogens (tertiary/aromatic N) is 5. The Balaban J connectivity index is 1.71. The Morgan fingerprint density at radius 2 is 1.86 bits per heavy atom. The van der Waals surface area contributed by atoms with Gasteiger partial charge in [-0.3, -0.25) is 9.82 Å². The number of nitrogens with one attached hydrogen (secondary N) is 2. The van der Waals surface area contributed by atoms with Crippen LogP contribution in [0.15, 0.2) is 30.7 Å². The van der Waals surface area contributed by atoms with E-state index < -0.39 is 10.0 Å². The predicted molar refractivity (Wildman–Crippen MR) is 108 cm³/mol. The summed E-state index contributed by atoms with van der Waals surface area (Å²) in [5.41, 5.74) is 1.52. The van der Waals surface area contributed by atoms with Crippen molar-refractivity contribution >= 4 is 38.5 Å². The molecule has 0 aliphatic heterocycles. The summed E-state index contributed by atoms with van der Waals surface area (Å²) in [5, 5.41) is 7.78. The number of H-pyrrole nitrogens is 1. The van der Waals surface area contributed by atoms with Crippen LogP contribution in [0.2, 0.25) is 0 Å². The smallest absolute Gasteiger partial charge is 0.232 e. The summed E-state index contributed by atoms with van der Waals surface area (Å²) in [7, 11) is -3.37. The molecule has 3 aromatic heterocycles. The van der Waals surface area contributed by atoms with Gasteiger partial charge >= 0.3 is 0 Å². The van der Waals surface area contributed by atoms with Gasteiger partial charge in [0, 0.05) is 12.2 Å². The minimum atomic E-state index is -3.37. The van der Waals surface area contributed by atoms with E-state index in [2.05, 4.69) is 34.8 Å². The summed E-state index contributed by atoms with van der Waals surface area (Å²) in [6, 6.07) is 3.78. The zero-order valence-electron chi connectivity index (χ0n) is 15.7. The monoisotopic (exact) mass is 401 g/mol. The molecule has 10 heteroatoms. The number of aromatic nitrogens is 5. The maximum absolute atomic E-state index is 11.4. The predicted octanol–water partition coefficient (Wildman–Crippen LogP) is 2.98. The molecule has 0 bridgehead atoms. The van der Waals surface area contributed by atoms with E-state index in [0.29, 0.717) is 11.6 Å². The third kappa shape index (κ3) is 4.22. The molecule has 28 heavy (non-hydrogen) atoms. The standard InChI is InChI=1S/C18H23N7O2S/c1-28(26,27)24-16-9-8-15(12-19-16)25(14-6-4-2-3-5-7-14)18-20-10-13-11-21-23-17(13)22-18/h8-12,14H,2-7H2,1H3,(H,19,24)(H,20,21,22,23). The van der Waals surface area contributed by atoms with Crippen molar-refractivity contribution in [3.8, 4) is 0 Å². The lowest BCUT2D eigenvalue weighted by Gasteiger charge is -2.31. The molecule has 0 aromatic carbocycles. The Labute approximate surface area is 163 Å². The SMILES string of the molecule is CS(=O)(=O)Nc1ccc(N(c2ncc3cn[nH]c3n2)C2CCCCCC2)cn1. The first kappa shape index (κ1) is 18.6. The normalized spacial score (nSPS) is 16.0. The third-order valence-corrected chi connectivity index (χ3v) is 5.48. The molecule has 1 saturated carbocycles. The van der Waals surface area contributed by atoms with Gasteiger partial charge in [-0.15, -0.1) is 0 Å². The molecule has 9 nitrogen and oxygen atoms in total. The number of anilines is 3. The van der Waals surface area contributed by atoms with Crippen LogP contribution in [0.25, 0.3) is 11.0 Å². The van der Waals surface area contributed by atoms with Crippen LogP contribution >= 0.6 is 0 Å². The summed E-state index contributed by atoms with van der Waals surface area (Å²) < 4.78 is 25.3. The highest BCUT2D eigenvalue weighted by Gasteiger charge is 2.25. The summed E-state index contributed by atoms with van der Waals surface area (Å²) >= 11 is 0. The number of rotatable bonds is 5. The van der Waals surface area contributed by atoms with Gasteiger partial charge in [-0.05, 0) is 25.0 Å². The van der Waals surface area contributed by atoms with Gasteiger partial charge in [0.1, 0.15) is 5.82 Å². The van der Waals surface area contributed by atoms with E-state index in [1.165, 1.54) is 12.8 Å². The fourth-order valence-corrected chi connectivity index (χ4v) is 4.13. The zero-order chi connectivity index (χ0) is 19.6. The average molecular weight is 401 g/mol. The number of sulfonamides is 1. The van der Waals surface area contributed by atoms with Gasteiger partial charge in [0.15, 0.2) is 5.65 Å². The Kier molecular flexibility index (Phi) is 5.12. The van der Waals surface area contributed by atoms with Crippen molar-refractivity contribution in [2.24, 2.45) is 0 Å². The molecule has 148 valence electrons. The lowest BCUT2D eigenvalue weighted by Crippen LogP contribution is -2.32. The Hall–Kier alpha value is -2.75. The van der Waals surface area contributed by atoms with Crippen LogP contribution < -0.4 is 9.62 Å². The number of aromatic amines is 1. The van der Waals surface area contributed by atoms with E-state index in [4.69, 9.17) is 0 Å². The maximum atomic E-state index is 11.4. The van der Waals surface area contributed by atoms with Crippen molar-refractivity contribution in [1.82, 2.24) is 25.1 Å². The lowest BCUT2D eigenvalue weighted by molar-refractivity contribution is 0.561. The third-order valence-electron chi connectivity index (χ3n) is 4.90. The van der Waals surface area contributed by atoms with Gasteiger partial charge in [-0.2, -0.15) is 10.1 Å². The summed E-state index contributed by atoms with van der Waals surface area (Å²) in [4.78, 5) is 15.6. The van der Waals surface area contributed by atoms with Crippen LogP contribution in [0.1, 0.15) is 38.5 Å². The molecule has 0 spiro atoms. The van der Waals surface area contributed by atoms with Gasteiger partial charge < -0.3 is 4.90 Å². The first-order valence-electron chi connectivity index (χ1n) is 9.39. The minimum Gasteiger partial charge on any atom is -0.306 e. The molecule has 1 aliphatic rings. The van der Waals surface area contributed by atoms with E-state index in [0.717, 1.165) is 43.0 Å². The zero-order valence-corrected chi connectivity index (χ0v) is 16.5. The van der Waals surface area contributed by atoms with E-state index in [-0.39, 0.29) is 11.9 Å². The van der Waals surface area contributed by atoms with Crippen LogP contribution in [0.3, 0.4) is 0 Å². The van der Waals surface area contributed by atoms with Crippen LogP contribution in [0.5, 0.6) is 0 Å². The Morgan fingerprint density at radius 1 is 1.07 bits per heavy atom. The molecule has 0 saturated heterocycles. The van der Waals surface area contributed by atoms with Gasteiger partial charge in [0.05, 0.1) is 29.7 Å². The molecular weight excluding hydrogens is 378 g/mol. The average Bonchev–Trinajstić information content (AvgIpc) is 2.96. The number of fused-ring (bicyclic) bond motifs is 1. The first-order chi connectivity index (χ1) is 13.5. The fourth-order valence-electron chi connectivity index (χ4n) is 3.63. The molecular formula is C18H23N7O2S. The minimum absolute atomic E-state index is 0.262. The molecule has 0 unspecified atom stereocenters. The molecule has 0 amide bonds. The Morgan fingerprint density at radius 3 is 2.54 bits per heavy atom. The molecule has 1 aliphatic carbocycles. The van der Waals surface area contributed by atoms with Crippen molar-refractivity contribution in [3.05, 3.63) is 30.7 Å². The number of hydrogen-bond acceptors (Lipinski definition) is 7. The molecule has 4 rings (SSSR count). The lowest BCUT2D eigenvalue weighted by atomic mass is 10.1. The second-order valence-corrected chi connectivity index (χ2v) is 8.88. The quantitative estimate of drug-likeness (QED) is 0.631. The van der Waals surface area contributed by atoms with E-state index in [1.807, 2.05) is 6.07 Å². The topological polar surface area (TPSA) is 117 Å². The van der Waals surface area contributed by atoms with Crippen LogP contribution in [-0.2, 0) is 10.0 Å². The maximum Gasteiger partial charge on any atom is 0.232 e. The molecule has 2 N–H and O–H groups in total. The largest absolute Gasteiger partial charge is 0.306 e. The second-order valence-electron chi connectivity index (χ2n) is 7.14. The molecule has 3 heterocycles. The van der Waals surface area contributed by atoms with Crippen molar-refractivity contribution in [2.45, 2.75) is 44.6 Å². The fraction of sp³-hybridized carbons (Fsp3) is 0.444. The van der Waals surface area contributed by atoms with Gasteiger partial charge in [-0.25, -0.2) is 18.4 Å². The summed E-state index contributed by atoms with van der Waals surface area (Å²) in [5.74, 6) is 0.881. The van der Waals surface area contributed by atoms with Gasteiger partial charge in [0.2, 0.25) is 16.0 Å².